The van der Waals surface area contributed by atoms with Crippen LogP contribution in [0.15, 0.2) is 30.3 Å². The maximum atomic E-state index is 13.0. The number of hydrogen-bond acceptors (Lipinski definition) is 2. The van der Waals surface area contributed by atoms with E-state index >= 15 is 0 Å². The molecule has 0 spiro atoms. The monoisotopic (exact) mass is 269 g/mol. The lowest BCUT2D eigenvalue weighted by Crippen LogP contribution is -2.09. The van der Waals surface area contributed by atoms with Crippen LogP contribution in [0.3, 0.4) is 0 Å². The summed E-state index contributed by atoms with van der Waals surface area (Å²) < 4.78 is 40.5. The minimum atomic E-state index is -4.39. The molecular weight excluding hydrogens is 255 g/mol. The number of nitrogens with zero attached hydrogens (tertiary/aromatic N) is 2. The third-order valence-corrected chi connectivity index (χ3v) is 2.85. The third kappa shape index (κ3) is 2.63. The van der Waals surface area contributed by atoms with Gasteiger partial charge in [0, 0.05) is 18.7 Å². The van der Waals surface area contributed by atoms with Crippen LogP contribution >= 0.6 is 0 Å². The highest BCUT2D eigenvalue weighted by atomic mass is 19.4. The summed E-state index contributed by atoms with van der Waals surface area (Å²) in [5.41, 5.74) is 5.98. The fraction of sp³-hybridized carbons (Fsp3) is 0.308. The lowest BCUT2D eigenvalue weighted by Gasteiger charge is -2.13. The van der Waals surface area contributed by atoms with Crippen molar-refractivity contribution in [3.63, 3.8) is 0 Å². The summed E-state index contributed by atoms with van der Waals surface area (Å²) in [4.78, 5) is 0. The molecule has 0 atom stereocenters. The highest BCUT2D eigenvalue weighted by Crippen LogP contribution is 2.37. The Morgan fingerprint density at radius 2 is 1.95 bits per heavy atom. The van der Waals surface area contributed by atoms with Crippen LogP contribution in [0, 0.1) is 0 Å². The normalized spacial score (nSPS) is 11.8. The molecule has 0 saturated heterocycles. The first-order valence-corrected chi connectivity index (χ1v) is 5.90. The van der Waals surface area contributed by atoms with E-state index in [0.717, 1.165) is 6.07 Å². The molecule has 0 fully saturated rings. The summed E-state index contributed by atoms with van der Waals surface area (Å²) in [6, 6.07) is 7.09. The summed E-state index contributed by atoms with van der Waals surface area (Å²) in [5.74, 6) is 0. The van der Waals surface area contributed by atoms with E-state index in [1.165, 1.54) is 16.8 Å². The van der Waals surface area contributed by atoms with Crippen LogP contribution < -0.4 is 5.73 Å². The van der Waals surface area contributed by atoms with Gasteiger partial charge in [-0.1, -0.05) is 18.2 Å². The van der Waals surface area contributed by atoms with Crippen LogP contribution in [0.1, 0.15) is 18.2 Å². The van der Waals surface area contributed by atoms with E-state index < -0.39 is 11.7 Å². The van der Waals surface area contributed by atoms with E-state index in [1.54, 1.807) is 12.1 Å². The van der Waals surface area contributed by atoms with Crippen molar-refractivity contribution < 1.29 is 13.2 Å². The molecule has 2 rings (SSSR count). The second kappa shape index (κ2) is 5.05. The fourth-order valence-electron chi connectivity index (χ4n) is 1.98. The van der Waals surface area contributed by atoms with Crippen LogP contribution in [0.5, 0.6) is 0 Å². The predicted octanol–water partition coefficient (Wildman–Crippen LogP) is 3.05. The van der Waals surface area contributed by atoms with Gasteiger partial charge in [-0.2, -0.15) is 18.3 Å². The van der Waals surface area contributed by atoms with Crippen LogP contribution in [0.25, 0.3) is 11.3 Å². The molecule has 2 N–H and O–H groups in total. The second-order valence-electron chi connectivity index (χ2n) is 4.08. The first-order chi connectivity index (χ1) is 8.97. The molecule has 6 heteroatoms. The molecular formula is C13H14F3N3. The minimum Gasteiger partial charge on any atom is -0.325 e. The number of alkyl halides is 3. The zero-order chi connectivity index (χ0) is 14.0. The molecule has 0 saturated carbocycles. The summed E-state index contributed by atoms with van der Waals surface area (Å²) >= 11 is 0. The standard InChI is InChI=1S/C13H14F3N3/c1-2-19-12(7-9(8-17)18-19)10-5-3-4-6-11(10)13(14,15)16/h3-7H,2,8,17H2,1H3. The summed E-state index contributed by atoms with van der Waals surface area (Å²) in [6.07, 6.45) is -4.39. The number of hydrogen-bond donors (Lipinski definition) is 1. The first-order valence-electron chi connectivity index (χ1n) is 5.90. The molecule has 0 aliphatic rings. The summed E-state index contributed by atoms with van der Waals surface area (Å²) in [5, 5.41) is 4.17. The van der Waals surface area contributed by atoms with E-state index in [2.05, 4.69) is 5.10 Å². The zero-order valence-electron chi connectivity index (χ0n) is 10.4. The fourth-order valence-corrected chi connectivity index (χ4v) is 1.98. The predicted molar refractivity (Wildman–Crippen MR) is 66.2 cm³/mol. The average molecular weight is 269 g/mol. The molecule has 19 heavy (non-hydrogen) atoms. The molecule has 0 unspecified atom stereocenters. The molecule has 3 nitrogen and oxygen atoms in total. The van der Waals surface area contributed by atoms with Gasteiger partial charge >= 0.3 is 6.18 Å². The quantitative estimate of drug-likeness (QED) is 0.930. The first kappa shape index (κ1) is 13.6. The van der Waals surface area contributed by atoms with Crippen molar-refractivity contribution in [2.24, 2.45) is 5.73 Å². The Morgan fingerprint density at radius 1 is 1.26 bits per heavy atom. The number of aryl methyl sites for hydroxylation is 1. The van der Waals surface area contributed by atoms with Crippen molar-refractivity contribution >= 4 is 0 Å². The molecule has 0 aliphatic heterocycles. The van der Waals surface area contributed by atoms with Crippen molar-refractivity contribution in [3.05, 3.63) is 41.6 Å². The number of aromatic nitrogens is 2. The minimum absolute atomic E-state index is 0.129. The highest BCUT2D eigenvalue weighted by molar-refractivity contribution is 5.65. The molecule has 1 aromatic heterocycles. The van der Waals surface area contributed by atoms with Crippen LogP contribution in [0.2, 0.25) is 0 Å². The Balaban J connectivity index is 2.62. The molecule has 1 aromatic carbocycles. The number of halogens is 3. The van der Waals surface area contributed by atoms with Gasteiger partial charge < -0.3 is 5.73 Å². The Hall–Kier alpha value is -1.82. The Bertz CT molecular complexity index is 573. The van der Waals surface area contributed by atoms with Gasteiger partial charge in [0.2, 0.25) is 0 Å². The maximum Gasteiger partial charge on any atom is 0.417 e. The van der Waals surface area contributed by atoms with Gasteiger partial charge in [-0.05, 0) is 19.1 Å². The Morgan fingerprint density at radius 3 is 2.53 bits per heavy atom. The molecule has 2 aromatic rings. The van der Waals surface area contributed by atoms with Gasteiger partial charge in [0.1, 0.15) is 0 Å². The Labute approximate surface area is 108 Å². The van der Waals surface area contributed by atoms with Crippen LogP contribution in [0.4, 0.5) is 13.2 Å². The largest absolute Gasteiger partial charge is 0.417 e. The lowest BCUT2D eigenvalue weighted by atomic mass is 10.0. The van der Waals surface area contributed by atoms with Crippen LogP contribution in [-0.4, -0.2) is 9.78 Å². The number of rotatable bonds is 3. The SMILES string of the molecule is CCn1nc(CN)cc1-c1ccccc1C(F)(F)F. The van der Waals surface area contributed by atoms with Crippen LogP contribution in [-0.2, 0) is 19.3 Å². The summed E-state index contributed by atoms with van der Waals surface area (Å²) in [7, 11) is 0. The smallest absolute Gasteiger partial charge is 0.325 e. The average Bonchev–Trinajstić information content (AvgIpc) is 2.81. The van der Waals surface area contributed by atoms with Gasteiger partial charge in [0.15, 0.2) is 0 Å². The molecule has 102 valence electrons. The van der Waals surface area contributed by atoms with Crippen molar-refractivity contribution in [3.8, 4) is 11.3 Å². The van der Waals surface area contributed by atoms with Gasteiger partial charge in [-0.25, -0.2) is 0 Å². The van der Waals surface area contributed by atoms with Crippen molar-refractivity contribution in [2.45, 2.75) is 26.2 Å². The van der Waals surface area contributed by atoms with E-state index in [0.29, 0.717) is 17.9 Å². The van der Waals surface area contributed by atoms with Crippen molar-refractivity contribution in [1.29, 1.82) is 0 Å². The molecule has 0 aliphatic carbocycles. The van der Waals surface area contributed by atoms with E-state index in [1.807, 2.05) is 6.92 Å². The zero-order valence-corrected chi connectivity index (χ0v) is 10.4. The van der Waals surface area contributed by atoms with Gasteiger partial charge in [0.25, 0.3) is 0 Å². The van der Waals surface area contributed by atoms with E-state index in [9.17, 15) is 13.2 Å². The molecule has 0 bridgehead atoms. The molecule has 0 amide bonds. The second-order valence-corrected chi connectivity index (χ2v) is 4.08. The van der Waals surface area contributed by atoms with Crippen molar-refractivity contribution in [1.82, 2.24) is 9.78 Å². The van der Waals surface area contributed by atoms with Gasteiger partial charge in [-0.3, -0.25) is 4.68 Å². The van der Waals surface area contributed by atoms with E-state index in [-0.39, 0.29) is 12.1 Å². The third-order valence-electron chi connectivity index (χ3n) is 2.85. The molecule has 1 heterocycles. The highest BCUT2D eigenvalue weighted by Gasteiger charge is 2.34. The summed E-state index contributed by atoms with van der Waals surface area (Å²) in [6.45, 7) is 2.52. The van der Waals surface area contributed by atoms with E-state index in [4.69, 9.17) is 5.73 Å². The maximum absolute atomic E-state index is 13.0. The topological polar surface area (TPSA) is 43.8 Å². The molecule has 0 radical (unpaired) electrons. The number of benzene rings is 1. The lowest BCUT2D eigenvalue weighted by molar-refractivity contribution is -0.137. The van der Waals surface area contributed by atoms with Gasteiger partial charge in [-0.15, -0.1) is 0 Å². The van der Waals surface area contributed by atoms with Crippen molar-refractivity contribution in [2.75, 3.05) is 0 Å². The van der Waals surface area contributed by atoms with Gasteiger partial charge in [0.05, 0.1) is 17.0 Å². The Kier molecular flexibility index (Phi) is 3.61. The number of nitrogens with two attached hydrogens (primary N) is 1.